The molecule has 18 heavy (non-hydrogen) atoms. The third-order valence-corrected chi connectivity index (χ3v) is 1.28. The van der Waals surface area contributed by atoms with Gasteiger partial charge in [0.1, 0.15) is 13.2 Å². The van der Waals surface area contributed by atoms with Crippen LogP contribution in [-0.2, 0) is 28.6 Å². The van der Waals surface area contributed by atoms with E-state index in [0.717, 1.165) is 0 Å². The van der Waals surface area contributed by atoms with Crippen LogP contribution in [0.3, 0.4) is 0 Å². The zero-order valence-corrected chi connectivity index (χ0v) is 11.6. The maximum atomic E-state index is 10.6. The molecule has 0 bridgehead atoms. The van der Waals surface area contributed by atoms with Gasteiger partial charge in [-0.3, -0.25) is 14.4 Å². The smallest absolute Gasteiger partial charge is 0.303 e. The summed E-state index contributed by atoms with van der Waals surface area (Å²) < 4.78 is 14.0. The lowest BCUT2D eigenvalue weighted by Gasteiger charge is -2.15. The third kappa shape index (κ3) is 16.8. The predicted molar refractivity (Wildman–Crippen MR) is 64.8 cm³/mol. The maximum absolute atomic E-state index is 10.6. The molecule has 0 saturated carbocycles. The van der Waals surface area contributed by atoms with Crippen molar-refractivity contribution in [2.75, 3.05) is 13.2 Å². The van der Waals surface area contributed by atoms with Crippen LogP contribution in [0.15, 0.2) is 0 Å². The molecule has 0 aliphatic heterocycles. The number of esters is 3. The lowest BCUT2D eigenvalue weighted by molar-refractivity contribution is -0.163. The first-order valence-corrected chi connectivity index (χ1v) is 5.77. The molecule has 6 heteroatoms. The van der Waals surface area contributed by atoms with Crippen molar-refractivity contribution in [1.29, 1.82) is 0 Å². The first-order valence-electron chi connectivity index (χ1n) is 5.77. The van der Waals surface area contributed by atoms with E-state index in [4.69, 9.17) is 4.74 Å². The highest BCUT2D eigenvalue weighted by Gasteiger charge is 2.15. The van der Waals surface area contributed by atoms with Crippen LogP contribution < -0.4 is 0 Å². The van der Waals surface area contributed by atoms with Crippen LogP contribution in [0, 0.1) is 0 Å². The van der Waals surface area contributed by atoms with Gasteiger partial charge in [0.2, 0.25) is 0 Å². The van der Waals surface area contributed by atoms with E-state index in [1.165, 1.54) is 27.2 Å². The summed E-state index contributed by atoms with van der Waals surface area (Å²) in [4.78, 5) is 31.6. The zero-order valence-electron chi connectivity index (χ0n) is 11.6. The van der Waals surface area contributed by atoms with E-state index in [1.54, 1.807) is 0 Å². The molecular weight excluding hydrogens is 240 g/mol. The molecular formula is C12H22O6. The average molecular weight is 262 g/mol. The van der Waals surface area contributed by atoms with E-state index < -0.39 is 24.0 Å². The van der Waals surface area contributed by atoms with E-state index in [9.17, 15) is 14.4 Å². The Morgan fingerprint density at radius 1 is 0.833 bits per heavy atom. The van der Waals surface area contributed by atoms with E-state index in [-0.39, 0.29) is 13.2 Å². The molecule has 0 rings (SSSR count). The van der Waals surface area contributed by atoms with Crippen molar-refractivity contribution in [2.45, 2.75) is 47.1 Å². The van der Waals surface area contributed by atoms with E-state index >= 15 is 0 Å². The quantitative estimate of drug-likeness (QED) is 0.551. The fourth-order valence-electron chi connectivity index (χ4n) is 0.771. The SMILES string of the molecule is CC(=O)OCC(COC(C)=O)OC(C)=O.CCC. The molecule has 0 radical (unpaired) electrons. The Hall–Kier alpha value is -1.59. The Kier molecular flexibility index (Phi) is 12.4. The summed E-state index contributed by atoms with van der Waals surface area (Å²) >= 11 is 0. The topological polar surface area (TPSA) is 78.9 Å². The first kappa shape index (κ1) is 18.8. The molecule has 0 unspecified atom stereocenters. The molecule has 0 aromatic heterocycles. The van der Waals surface area contributed by atoms with Crippen LogP contribution in [0.25, 0.3) is 0 Å². The van der Waals surface area contributed by atoms with Crippen LogP contribution in [0.2, 0.25) is 0 Å². The second-order valence-electron chi connectivity index (χ2n) is 3.54. The Bertz CT molecular complexity index is 243. The largest absolute Gasteiger partial charge is 0.462 e. The van der Waals surface area contributed by atoms with Gasteiger partial charge in [-0.05, 0) is 0 Å². The normalized spacial score (nSPS) is 9.00. The van der Waals surface area contributed by atoms with Crippen LogP contribution >= 0.6 is 0 Å². The van der Waals surface area contributed by atoms with Crippen LogP contribution in [0.4, 0.5) is 0 Å². The highest BCUT2D eigenvalue weighted by atomic mass is 16.6. The zero-order chi connectivity index (χ0) is 14.6. The first-order chi connectivity index (χ1) is 8.33. The molecule has 0 fully saturated rings. The second-order valence-corrected chi connectivity index (χ2v) is 3.54. The Labute approximate surface area is 108 Å². The number of hydrogen-bond donors (Lipinski definition) is 0. The standard InChI is InChI=1S/C9H14O6.C3H8/c1-6(10)13-4-9(15-8(3)12)5-14-7(2)11;1-3-2/h9H,4-5H2,1-3H3;3H2,1-2H3. The summed E-state index contributed by atoms with van der Waals surface area (Å²) in [7, 11) is 0. The maximum Gasteiger partial charge on any atom is 0.303 e. The molecule has 0 aromatic carbocycles. The molecule has 0 N–H and O–H groups in total. The fourth-order valence-corrected chi connectivity index (χ4v) is 0.771. The van der Waals surface area contributed by atoms with Crippen molar-refractivity contribution in [1.82, 2.24) is 0 Å². The predicted octanol–water partition coefficient (Wildman–Crippen LogP) is 1.46. The van der Waals surface area contributed by atoms with Crippen LogP contribution in [-0.4, -0.2) is 37.2 Å². The summed E-state index contributed by atoms with van der Waals surface area (Å²) in [6.45, 7) is 7.69. The van der Waals surface area contributed by atoms with Crippen molar-refractivity contribution >= 4 is 17.9 Å². The summed E-state index contributed by atoms with van der Waals surface area (Å²) in [6, 6.07) is 0. The minimum atomic E-state index is -0.754. The average Bonchev–Trinajstić information content (AvgIpc) is 2.22. The van der Waals surface area contributed by atoms with Crippen molar-refractivity contribution in [3.05, 3.63) is 0 Å². The number of rotatable bonds is 5. The highest BCUT2D eigenvalue weighted by Crippen LogP contribution is 1.97. The monoisotopic (exact) mass is 262 g/mol. The number of hydrogen-bond acceptors (Lipinski definition) is 6. The summed E-state index contributed by atoms with van der Waals surface area (Å²) in [6.07, 6.45) is 0.496. The lowest BCUT2D eigenvalue weighted by Crippen LogP contribution is -2.29. The van der Waals surface area contributed by atoms with Gasteiger partial charge < -0.3 is 14.2 Å². The minimum absolute atomic E-state index is 0.123. The van der Waals surface area contributed by atoms with Gasteiger partial charge in [0.15, 0.2) is 6.10 Å². The van der Waals surface area contributed by atoms with Crippen molar-refractivity contribution in [3.8, 4) is 0 Å². The molecule has 6 nitrogen and oxygen atoms in total. The molecule has 0 aliphatic rings. The van der Waals surface area contributed by atoms with E-state index in [1.807, 2.05) is 0 Å². The van der Waals surface area contributed by atoms with Gasteiger partial charge in [-0.15, -0.1) is 0 Å². The lowest BCUT2D eigenvalue weighted by atomic mass is 10.4. The van der Waals surface area contributed by atoms with Gasteiger partial charge >= 0.3 is 17.9 Å². The number of ether oxygens (including phenoxy) is 3. The van der Waals surface area contributed by atoms with E-state index in [0.29, 0.717) is 0 Å². The van der Waals surface area contributed by atoms with Gasteiger partial charge in [0, 0.05) is 20.8 Å². The fraction of sp³-hybridized carbons (Fsp3) is 0.750. The van der Waals surface area contributed by atoms with E-state index in [2.05, 4.69) is 23.3 Å². The van der Waals surface area contributed by atoms with Crippen molar-refractivity contribution in [2.24, 2.45) is 0 Å². The molecule has 0 atom stereocenters. The van der Waals surface area contributed by atoms with Crippen molar-refractivity contribution < 1.29 is 28.6 Å². The highest BCUT2D eigenvalue weighted by molar-refractivity contribution is 5.67. The number of carbonyl (C=O) groups excluding carboxylic acids is 3. The molecule has 106 valence electrons. The van der Waals surface area contributed by atoms with Gasteiger partial charge in [-0.1, -0.05) is 20.3 Å². The molecule has 0 aromatic rings. The molecule has 0 saturated heterocycles. The number of carbonyl (C=O) groups is 3. The van der Waals surface area contributed by atoms with Gasteiger partial charge in [0.25, 0.3) is 0 Å². The molecule has 0 aliphatic carbocycles. The Morgan fingerprint density at radius 2 is 1.17 bits per heavy atom. The molecule has 0 spiro atoms. The summed E-state index contributed by atoms with van der Waals surface area (Å²) in [5.74, 6) is -1.51. The van der Waals surface area contributed by atoms with Crippen LogP contribution in [0.1, 0.15) is 41.0 Å². The Morgan fingerprint density at radius 3 is 1.39 bits per heavy atom. The molecule has 0 amide bonds. The second kappa shape index (κ2) is 11.9. The third-order valence-electron chi connectivity index (χ3n) is 1.28. The Balaban J connectivity index is 0. The van der Waals surface area contributed by atoms with Gasteiger partial charge in [0.05, 0.1) is 0 Å². The van der Waals surface area contributed by atoms with Crippen molar-refractivity contribution in [3.63, 3.8) is 0 Å². The molecule has 0 heterocycles. The summed E-state index contributed by atoms with van der Waals surface area (Å²) in [5, 5.41) is 0. The van der Waals surface area contributed by atoms with Gasteiger partial charge in [-0.25, -0.2) is 0 Å². The summed E-state index contributed by atoms with van der Waals surface area (Å²) in [5.41, 5.74) is 0. The minimum Gasteiger partial charge on any atom is -0.462 e. The van der Waals surface area contributed by atoms with Gasteiger partial charge in [-0.2, -0.15) is 0 Å². The van der Waals surface area contributed by atoms with Crippen LogP contribution in [0.5, 0.6) is 0 Å².